The van der Waals surface area contributed by atoms with E-state index in [1.807, 2.05) is 75.4 Å². The lowest BCUT2D eigenvalue weighted by molar-refractivity contribution is -0.143. The zero-order chi connectivity index (χ0) is 25.0. The van der Waals surface area contributed by atoms with Gasteiger partial charge in [0.1, 0.15) is 23.9 Å². The van der Waals surface area contributed by atoms with Gasteiger partial charge in [0.05, 0.1) is 5.52 Å². The van der Waals surface area contributed by atoms with Crippen molar-refractivity contribution in [3.63, 3.8) is 0 Å². The number of halogens is 1. The number of fused-ring (bicyclic) bond motifs is 1. The van der Waals surface area contributed by atoms with E-state index in [1.54, 1.807) is 18.2 Å². The van der Waals surface area contributed by atoms with Crippen LogP contribution in [0.5, 0.6) is 0 Å². The number of para-hydroxylation sites is 1. The summed E-state index contributed by atoms with van der Waals surface area (Å²) in [5.74, 6) is -1.41. The third-order valence-electron chi connectivity index (χ3n) is 5.48. The number of hydrogen-bond acceptors (Lipinski definition) is 4. The highest BCUT2D eigenvalue weighted by Crippen LogP contribution is 2.27. The second-order valence-electron chi connectivity index (χ2n) is 9.41. The van der Waals surface area contributed by atoms with Gasteiger partial charge < -0.3 is 10.2 Å². The standard InChI is InChI=1S/C27H28FN5O2/c1-27(2,3)29-26(35)25(20-13-7-8-14-21(20)28)32(17-19-11-5-4-6-12-19)24(34)18-33-23-16-10-9-15-22(23)30-31-33/h4-16,25H,17-18H2,1-3H3,(H,29,35). The maximum atomic E-state index is 15.0. The number of carbonyl (C=O) groups excluding carboxylic acids is 2. The summed E-state index contributed by atoms with van der Waals surface area (Å²) < 4.78 is 16.5. The average molecular weight is 474 g/mol. The molecule has 0 saturated heterocycles. The molecule has 4 aromatic rings. The molecule has 1 N–H and O–H groups in total. The van der Waals surface area contributed by atoms with Gasteiger partial charge in [-0.25, -0.2) is 9.07 Å². The SMILES string of the molecule is CC(C)(C)NC(=O)C(c1ccccc1F)N(Cc1ccccc1)C(=O)Cn1nnc2ccccc21. The Morgan fingerprint density at radius 2 is 1.63 bits per heavy atom. The van der Waals surface area contributed by atoms with Crippen LogP contribution in [0.4, 0.5) is 4.39 Å². The monoisotopic (exact) mass is 473 g/mol. The zero-order valence-electron chi connectivity index (χ0n) is 20.0. The summed E-state index contributed by atoms with van der Waals surface area (Å²) in [6, 6.07) is 21.5. The maximum absolute atomic E-state index is 15.0. The van der Waals surface area contributed by atoms with Crippen molar-refractivity contribution in [2.45, 2.75) is 45.4 Å². The summed E-state index contributed by atoms with van der Waals surface area (Å²) in [6.07, 6.45) is 0. The molecule has 0 aliphatic heterocycles. The third kappa shape index (κ3) is 5.71. The van der Waals surface area contributed by atoms with Gasteiger partial charge in [-0.15, -0.1) is 5.10 Å². The third-order valence-corrected chi connectivity index (χ3v) is 5.48. The molecule has 3 aromatic carbocycles. The van der Waals surface area contributed by atoms with E-state index in [2.05, 4.69) is 15.6 Å². The second kappa shape index (κ2) is 10.0. The van der Waals surface area contributed by atoms with Crippen molar-refractivity contribution in [2.24, 2.45) is 0 Å². The van der Waals surface area contributed by atoms with E-state index in [0.717, 1.165) is 5.56 Å². The first kappa shape index (κ1) is 24.1. The molecule has 0 fully saturated rings. The van der Waals surface area contributed by atoms with Crippen LogP contribution in [0, 0.1) is 5.82 Å². The quantitative estimate of drug-likeness (QED) is 0.435. The van der Waals surface area contributed by atoms with Crippen LogP contribution in [-0.2, 0) is 22.7 Å². The lowest BCUT2D eigenvalue weighted by Crippen LogP contribution is -2.49. The minimum Gasteiger partial charge on any atom is -0.349 e. The maximum Gasteiger partial charge on any atom is 0.247 e. The van der Waals surface area contributed by atoms with Gasteiger partial charge in [-0.3, -0.25) is 9.59 Å². The van der Waals surface area contributed by atoms with E-state index in [9.17, 15) is 9.59 Å². The summed E-state index contributed by atoms with van der Waals surface area (Å²) in [5, 5.41) is 11.2. The van der Waals surface area contributed by atoms with Gasteiger partial charge in [0.2, 0.25) is 11.8 Å². The molecule has 1 aromatic heterocycles. The molecule has 0 bridgehead atoms. The van der Waals surface area contributed by atoms with Gasteiger partial charge in [0.25, 0.3) is 0 Å². The number of nitrogens with zero attached hydrogens (tertiary/aromatic N) is 4. The van der Waals surface area contributed by atoms with E-state index < -0.39 is 23.3 Å². The van der Waals surface area contributed by atoms with Gasteiger partial charge in [-0.05, 0) is 44.5 Å². The highest BCUT2D eigenvalue weighted by Gasteiger charge is 2.35. The topological polar surface area (TPSA) is 80.1 Å². The Labute approximate surface area is 203 Å². The number of rotatable bonds is 7. The van der Waals surface area contributed by atoms with Crippen LogP contribution in [0.1, 0.15) is 37.9 Å². The molecule has 180 valence electrons. The molecular formula is C27H28FN5O2. The van der Waals surface area contributed by atoms with Crippen molar-refractivity contribution in [3.05, 3.63) is 95.8 Å². The molecule has 0 aliphatic rings. The molecule has 35 heavy (non-hydrogen) atoms. The largest absolute Gasteiger partial charge is 0.349 e. The normalized spacial score (nSPS) is 12.3. The molecule has 4 rings (SSSR count). The van der Waals surface area contributed by atoms with Crippen molar-refractivity contribution >= 4 is 22.8 Å². The smallest absolute Gasteiger partial charge is 0.247 e. The number of nitrogens with one attached hydrogen (secondary N) is 1. The zero-order valence-corrected chi connectivity index (χ0v) is 20.0. The van der Waals surface area contributed by atoms with Crippen LogP contribution in [0.3, 0.4) is 0 Å². The average Bonchev–Trinajstić information content (AvgIpc) is 3.22. The summed E-state index contributed by atoms with van der Waals surface area (Å²) in [6.45, 7) is 5.49. The molecule has 2 amide bonds. The minimum atomic E-state index is -1.18. The summed E-state index contributed by atoms with van der Waals surface area (Å²) in [7, 11) is 0. The molecule has 0 aliphatic carbocycles. The van der Waals surface area contributed by atoms with Crippen LogP contribution in [0.2, 0.25) is 0 Å². The van der Waals surface area contributed by atoms with Crippen molar-refractivity contribution in [3.8, 4) is 0 Å². The van der Waals surface area contributed by atoms with Gasteiger partial charge in [-0.1, -0.05) is 65.9 Å². The van der Waals surface area contributed by atoms with E-state index >= 15 is 4.39 Å². The first-order chi connectivity index (χ1) is 16.7. The number of aromatic nitrogens is 3. The van der Waals surface area contributed by atoms with Gasteiger partial charge >= 0.3 is 0 Å². The van der Waals surface area contributed by atoms with Crippen LogP contribution < -0.4 is 5.32 Å². The predicted molar refractivity (Wildman–Crippen MR) is 132 cm³/mol. The molecule has 7 nitrogen and oxygen atoms in total. The summed E-state index contributed by atoms with van der Waals surface area (Å²) in [5.41, 5.74) is 1.72. The van der Waals surface area contributed by atoms with E-state index in [-0.39, 0.29) is 24.6 Å². The Hall–Kier alpha value is -4.07. The molecule has 1 unspecified atom stereocenters. The summed E-state index contributed by atoms with van der Waals surface area (Å²) in [4.78, 5) is 28.8. The van der Waals surface area contributed by atoms with Crippen LogP contribution in [-0.4, -0.2) is 37.2 Å². The van der Waals surface area contributed by atoms with Crippen LogP contribution in [0.15, 0.2) is 78.9 Å². The van der Waals surface area contributed by atoms with Crippen molar-refractivity contribution in [2.75, 3.05) is 0 Å². The second-order valence-corrected chi connectivity index (χ2v) is 9.41. The summed E-state index contributed by atoms with van der Waals surface area (Å²) >= 11 is 0. The first-order valence-electron chi connectivity index (χ1n) is 11.4. The molecule has 0 radical (unpaired) electrons. The van der Waals surface area contributed by atoms with Crippen LogP contribution in [0.25, 0.3) is 11.0 Å². The fourth-order valence-corrected chi connectivity index (χ4v) is 3.94. The Morgan fingerprint density at radius 1 is 0.971 bits per heavy atom. The van der Waals surface area contributed by atoms with E-state index in [4.69, 9.17) is 0 Å². The van der Waals surface area contributed by atoms with E-state index in [0.29, 0.717) is 11.0 Å². The Kier molecular flexibility index (Phi) is 6.91. The highest BCUT2D eigenvalue weighted by molar-refractivity contribution is 5.89. The van der Waals surface area contributed by atoms with Crippen molar-refractivity contribution in [1.29, 1.82) is 0 Å². The number of hydrogen-bond donors (Lipinski definition) is 1. The van der Waals surface area contributed by atoms with Crippen molar-refractivity contribution < 1.29 is 14.0 Å². The number of benzene rings is 3. The highest BCUT2D eigenvalue weighted by atomic mass is 19.1. The molecule has 8 heteroatoms. The molecule has 0 saturated carbocycles. The first-order valence-corrected chi connectivity index (χ1v) is 11.4. The van der Waals surface area contributed by atoms with Gasteiger partial charge in [0, 0.05) is 17.6 Å². The Bertz CT molecular complexity index is 1330. The minimum absolute atomic E-state index is 0.114. The molecule has 0 spiro atoms. The Morgan fingerprint density at radius 3 is 2.34 bits per heavy atom. The molecule has 1 heterocycles. The van der Waals surface area contributed by atoms with Gasteiger partial charge in [0.15, 0.2) is 0 Å². The fraction of sp³-hybridized carbons (Fsp3) is 0.259. The van der Waals surface area contributed by atoms with E-state index in [1.165, 1.54) is 15.6 Å². The predicted octanol–water partition coefficient (Wildman–Crippen LogP) is 4.26. The van der Waals surface area contributed by atoms with Gasteiger partial charge in [-0.2, -0.15) is 0 Å². The number of carbonyl (C=O) groups is 2. The number of amides is 2. The van der Waals surface area contributed by atoms with Crippen LogP contribution >= 0.6 is 0 Å². The lowest BCUT2D eigenvalue weighted by atomic mass is 10.00. The molecule has 1 atom stereocenters. The molecular weight excluding hydrogens is 445 g/mol. The Balaban J connectivity index is 1.77. The van der Waals surface area contributed by atoms with Crippen molar-refractivity contribution in [1.82, 2.24) is 25.2 Å². The lowest BCUT2D eigenvalue weighted by Gasteiger charge is -2.34. The fourth-order valence-electron chi connectivity index (χ4n) is 3.94.